The Hall–Kier alpha value is -0.214. The number of carboxylic acid groups (broad SMARTS) is 1. The molecule has 0 unspecified atom stereocenters. The van der Waals surface area contributed by atoms with E-state index in [0.717, 1.165) is 0 Å². The number of hydrogen-bond donors (Lipinski definition) is 0. The molecule has 7 heteroatoms. The molecule has 1 rings (SSSR count). The number of carboxylic acids is 1. The molecule has 0 bridgehead atoms. The number of nitrogens with zero attached hydrogens (tertiary/aromatic N) is 1. The summed E-state index contributed by atoms with van der Waals surface area (Å²) in [6.07, 6.45) is -4.76. The SMILES string of the molecule is CC[C@H](/N=C(/c1ccccc1)C(F)(F)F)C(=O)[O-].[K+]. The Labute approximate surface area is 151 Å². The molecule has 0 aromatic heterocycles. The van der Waals surface area contributed by atoms with E-state index in [4.69, 9.17) is 0 Å². The average molecular weight is 297 g/mol. The summed E-state index contributed by atoms with van der Waals surface area (Å²) < 4.78 is 38.5. The van der Waals surface area contributed by atoms with Gasteiger partial charge in [0.1, 0.15) is 5.71 Å². The number of halogens is 3. The number of aliphatic imine (C=N–C) groups is 1. The van der Waals surface area contributed by atoms with Crippen LogP contribution < -0.4 is 56.5 Å². The van der Waals surface area contributed by atoms with Crippen LogP contribution in [0.4, 0.5) is 13.2 Å². The van der Waals surface area contributed by atoms with Gasteiger partial charge in [-0.2, -0.15) is 13.2 Å². The van der Waals surface area contributed by atoms with E-state index < -0.39 is 23.9 Å². The fraction of sp³-hybridized carbons (Fsp3) is 0.333. The zero-order valence-electron chi connectivity index (χ0n) is 10.6. The summed E-state index contributed by atoms with van der Waals surface area (Å²) in [5.41, 5.74) is -1.36. The third-order valence-electron chi connectivity index (χ3n) is 2.26. The first-order valence-corrected chi connectivity index (χ1v) is 5.27. The van der Waals surface area contributed by atoms with E-state index in [2.05, 4.69) is 4.99 Å². The Morgan fingerprint density at radius 1 is 1.32 bits per heavy atom. The fourth-order valence-corrected chi connectivity index (χ4v) is 1.37. The Kier molecular flexibility index (Phi) is 8.07. The van der Waals surface area contributed by atoms with Crippen LogP contribution in [0.5, 0.6) is 0 Å². The Morgan fingerprint density at radius 2 is 1.84 bits per heavy atom. The second kappa shape index (κ2) is 8.16. The molecule has 3 nitrogen and oxygen atoms in total. The van der Waals surface area contributed by atoms with Gasteiger partial charge in [-0.25, -0.2) is 0 Å². The molecule has 0 saturated heterocycles. The van der Waals surface area contributed by atoms with Crippen LogP contribution in [0.2, 0.25) is 0 Å². The van der Waals surface area contributed by atoms with Gasteiger partial charge in [0.25, 0.3) is 0 Å². The normalized spacial score (nSPS) is 13.6. The number of hydrogen-bond acceptors (Lipinski definition) is 3. The Balaban J connectivity index is 0.00000324. The predicted molar refractivity (Wildman–Crippen MR) is 58.1 cm³/mol. The molecule has 0 fully saturated rings. The van der Waals surface area contributed by atoms with Gasteiger partial charge in [0.15, 0.2) is 0 Å². The minimum atomic E-state index is -4.70. The molecule has 1 atom stereocenters. The topological polar surface area (TPSA) is 52.5 Å². The van der Waals surface area contributed by atoms with Crippen LogP contribution in [0.1, 0.15) is 18.9 Å². The molecule has 98 valence electrons. The van der Waals surface area contributed by atoms with E-state index >= 15 is 0 Å². The van der Waals surface area contributed by atoms with Crippen molar-refractivity contribution in [2.45, 2.75) is 25.6 Å². The molecule has 0 N–H and O–H groups in total. The number of rotatable bonds is 4. The summed E-state index contributed by atoms with van der Waals surface area (Å²) in [5, 5.41) is 10.6. The molecule has 0 saturated carbocycles. The van der Waals surface area contributed by atoms with E-state index in [1.165, 1.54) is 31.2 Å². The van der Waals surface area contributed by atoms with Crippen LogP contribution in [0, 0.1) is 0 Å². The predicted octanol–water partition coefficient (Wildman–Crippen LogP) is -1.43. The molecule has 0 heterocycles. The molecule has 1 aromatic rings. The molecule has 0 aliphatic heterocycles. The van der Waals surface area contributed by atoms with Crippen LogP contribution in [-0.2, 0) is 4.79 Å². The largest absolute Gasteiger partial charge is 1.00 e. The van der Waals surface area contributed by atoms with Gasteiger partial charge in [-0.3, -0.25) is 4.99 Å². The van der Waals surface area contributed by atoms with Gasteiger partial charge in [0.05, 0.1) is 12.0 Å². The standard InChI is InChI=1S/C12H12F3NO2.K/c1-2-9(11(17)18)16-10(12(13,14)15)8-6-4-3-5-7-8;/h3-7,9H,2H2,1H3,(H,17,18);/q;+1/p-1/b16-10-;/t9-;/m0./s1. The van der Waals surface area contributed by atoms with Crippen molar-refractivity contribution in [2.24, 2.45) is 4.99 Å². The summed E-state index contributed by atoms with van der Waals surface area (Å²) in [6, 6.07) is 5.38. The number of aliphatic carboxylic acids is 1. The minimum Gasteiger partial charge on any atom is -0.548 e. The Bertz CT molecular complexity index is 446. The molecule has 19 heavy (non-hydrogen) atoms. The summed E-state index contributed by atoms with van der Waals surface area (Å²) in [4.78, 5) is 13.9. The third-order valence-corrected chi connectivity index (χ3v) is 2.26. The maximum absolute atomic E-state index is 12.8. The Morgan fingerprint density at radius 3 is 2.21 bits per heavy atom. The van der Waals surface area contributed by atoms with Crippen molar-refractivity contribution in [3.8, 4) is 0 Å². The van der Waals surface area contributed by atoms with E-state index in [1.54, 1.807) is 6.07 Å². The van der Waals surface area contributed by atoms with Crippen LogP contribution >= 0.6 is 0 Å². The van der Waals surface area contributed by atoms with Gasteiger partial charge < -0.3 is 9.90 Å². The van der Waals surface area contributed by atoms with Crippen molar-refractivity contribution in [3.63, 3.8) is 0 Å². The van der Waals surface area contributed by atoms with Gasteiger partial charge >= 0.3 is 57.6 Å². The summed E-state index contributed by atoms with van der Waals surface area (Å²) in [7, 11) is 0. The first kappa shape index (κ1) is 18.8. The number of benzene rings is 1. The van der Waals surface area contributed by atoms with Gasteiger partial charge in [0, 0.05) is 5.56 Å². The molecular formula is C12H11F3KNO2. The monoisotopic (exact) mass is 297 g/mol. The van der Waals surface area contributed by atoms with Crippen molar-refractivity contribution in [1.29, 1.82) is 0 Å². The second-order valence-corrected chi connectivity index (χ2v) is 3.58. The number of carbonyl (C=O) groups is 1. The summed E-state index contributed by atoms with van der Waals surface area (Å²) >= 11 is 0. The molecule has 0 aliphatic carbocycles. The minimum absolute atomic E-state index is 0. The second-order valence-electron chi connectivity index (χ2n) is 3.58. The smallest absolute Gasteiger partial charge is 0.548 e. The molecule has 0 aliphatic rings. The quantitative estimate of drug-likeness (QED) is 0.505. The van der Waals surface area contributed by atoms with Crippen molar-refractivity contribution in [1.82, 2.24) is 0 Å². The zero-order chi connectivity index (χ0) is 13.8. The van der Waals surface area contributed by atoms with Crippen LogP contribution in [0.25, 0.3) is 0 Å². The van der Waals surface area contributed by atoms with E-state index in [1.807, 2.05) is 0 Å². The maximum atomic E-state index is 12.8. The van der Waals surface area contributed by atoms with E-state index in [0.29, 0.717) is 0 Å². The first-order valence-electron chi connectivity index (χ1n) is 5.27. The third kappa shape index (κ3) is 5.74. The van der Waals surface area contributed by atoms with Gasteiger partial charge in [-0.15, -0.1) is 0 Å². The van der Waals surface area contributed by atoms with Crippen LogP contribution in [-0.4, -0.2) is 23.9 Å². The molecule has 1 aromatic carbocycles. The molecule has 0 amide bonds. The van der Waals surface area contributed by atoms with Crippen molar-refractivity contribution in [2.75, 3.05) is 0 Å². The van der Waals surface area contributed by atoms with E-state index in [9.17, 15) is 23.1 Å². The molecular weight excluding hydrogens is 286 g/mol. The first-order chi connectivity index (χ1) is 8.36. The van der Waals surface area contributed by atoms with Crippen molar-refractivity contribution in [3.05, 3.63) is 35.9 Å². The van der Waals surface area contributed by atoms with Crippen molar-refractivity contribution >= 4 is 11.7 Å². The molecule has 0 spiro atoms. The van der Waals surface area contributed by atoms with Gasteiger partial charge in [-0.1, -0.05) is 37.3 Å². The summed E-state index contributed by atoms with van der Waals surface area (Å²) in [6.45, 7) is 1.43. The summed E-state index contributed by atoms with van der Waals surface area (Å²) in [5.74, 6) is -1.62. The van der Waals surface area contributed by atoms with E-state index in [-0.39, 0.29) is 63.4 Å². The van der Waals surface area contributed by atoms with Crippen molar-refractivity contribution < 1.29 is 74.5 Å². The maximum Gasteiger partial charge on any atom is 1.00 e. The van der Waals surface area contributed by atoms with Crippen LogP contribution in [0.15, 0.2) is 35.3 Å². The molecule has 0 radical (unpaired) electrons. The number of alkyl halides is 3. The van der Waals surface area contributed by atoms with Crippen LogP contribution in [0.3, 0.4) is 0 Å². The fourth-order valence-electron chi connectivity index (χ4n) is 1.37. The van der Waals surface area contributed by atoms with Gasteiger partial charge in [-0.05, 0) is 6.42 Å². The van der Waals surface area contributed by atoms with Gasteiger partial charge in [0.2, 0.25) is 0 Å². The zero-order valence-corrected chi connectivity index (χ0v) is 13.7. The number of carbonyl (C=O) groups excluding carboxylic acids is 1. The average Bonchev–Trinajstić information content (AvgIpc) is 2.29.